The summed E-state index contributed by atoms with van der Waals surface area (Å²) in [5, 5.41) is 4.25. The Hall–Kier alpha value is -1.66. The summed E-state index contributed by atoms with van der Waals surface area (Å²) in [5.41, 5.74) is 8.12. The molecule has 0 fully saturated rings. The van der Waals surface area contributed by atoms with Crippen LogP contribution in [0.1, 0.15) is 27.7 Å². The number of para-hydroxylation sites is 3. The Bertz CT molecular complexity index is 1170. The molecule has 0 spiro atoms. The first-order chi connectivity index (χ1) is 17.5. The van der Waals surface area contributed by atoms with Crippen molar-refractivity contribution in [3.05, 3.63) is 95.6 Å². The molecule has 0 aromatic heterocycles. The van der Waals surface area contributed by atoms with E-state index in [2.05, 4.69) is 164 Å². The van der Waals surface area contributed by atoms with E-state index in [1.54, 1.807) is 0 Å². The molecule has 1 unspecified atom stereocenters. The molecule has 0 aliphatic heterocycles. The fraction of sp³-hybridized carbons (Fsp3) is 0.333. The van der Waals surface area contributed by atoms with Crippen molar-refractivity contribution in [3.8, 4) is 0 Å². The largest absolute Gasteiger partial charge is 4.00 e. The first-order valence-corrected chi connectivity index (χ1v) is 14.5. The summed E-state index contributed by atoms with van der Waals surface area (Å²) in [6, 6.07) is 26.5. The summed E-state index contributed by atoms with van der Waals surface area (Å²) in [7, 11) is 11.6. The summed E-state index contributed by atoms with van der Waals surface area (Å²) < 4.78 is 0. The zero-order chi connectivity index (χ0) is 27.3. The minimum absolute atomic E-state index is 0. The van der Waals surface area contributed by atoms with E-state index in [1.807, 2.05) is 0 Å². The van der Waals surface area contributed by atoms with Gasteiger partial charge in [-0.15, -0.1) is 6.92 Å². The van der Waals surface area contributed by atoms with Gasteiger partial charge in [-0.1, -0.05) is 81.3 Å². The van der Waals surface area contributed by atoms with Gasteiger partial charge in [-0.3, -0.25) is 6.08 Å². The molecule has 41 heavy (non-hydrogen) atoms. The van der Waals surface area contributed by atoms with Crippen molar-refractivity contribution in [1.82, 2.24) is 0 Å². The van der Waals surface area contributed by atoms with Crippen LogP contribution >= 0.6 is 0 Å². The second-order valence-corrected chi connectivity index (χ2v) is 12.8. The minimum atomic E-state index is -1.23. The van der Waals surface area contributed by atoms with Crippen LogP contribution in [0, 0.1) is 12.0 Å². The summed E-state index contributed by atoms with van der Waals surface area (Å²) in [4.78, 5) is 6.70. The number of halogens is 3. The number of anilines is 3. The SMILES string of the molecule is CC1=[C-]C(C)C(C)=C1C.CN(C)c1ccccc1[Si](c1ccccc1N(C)C)c1ccccc1N(C)C.[Cl-].[Cl-].[Cl-].[Ti+4]. The maximum absolute atomic E-state index is 3.36. The van der Waals surface area contributed by atoms with E-state index >= 15 is 0 Å². The molecule has 0 N–H and O–H groups in total. The number of allylic oxidation sites excluding steroid dienone is 4. The van der Waals surface area contributed by atoms with Gasteiger partial charge in [0.1, 0.15) is 0 Å². The summed E-state index contributed by atoms with van der Waals surface area (Å²) >= 11 is 0. The number of hydrogen-bond acceptors (Lipinski definition) is 3. The van der Waals surface area contributed by atoms with Crippen LogP contribution < -0.4 is 67.5 Å². The molecule has 0 heterocycles. The van der Waals surface area contributed by atoms with Gasteiger partial charge in [0.05, 0.1) is 0 Å². The Morgan fingerprint density at radius 2 is 0.854 bits per heavy atom. The first kappa shape index (κ1) is 41.5. The summed E-state index contributed by atoms with van der Waals surface area (Å²) in [6.45, 7) is 8.67. The average molecular weight is 664 g/mol. The van der Waals surface area contributed by atoms with Crippen molar-refractivity contribution >= 4 is 41.4 Å². The Balaban J connectivity index is 0. The molecule has 3 aromatic rings. The van der Waals surface area contributed by atoms with Gasteiger partial charge < -0.3 is 51.9 Å². The van der Waals surface area contributed by atoms with E-state index in [-0.39, 0.29) is 58.9 Å². The van der Waals surface area contributed by atoms with E-state index < -0.39 is 8.80 Å². The summed E-state index contributed by atoms with van der Waals surface area (Å²) in [6.07, 6.45) is 3.36. The molecule has 1 aliphatic rings. The second-order valence-electron chi connectivity index (χ2n) is 10.4. The molecule has 4 rings (SSSR count). The Kier molecular flexibility index (Phi) is 19.0. The van der Waals surface area contributed by atoms with Crippen LogP contribution in [0.25, 0.3) is 0 Å². The van der Waals surface area contributed by atoms with Crippen LogP contribution in [0.15, 0.2) is 89.5 Å². The minimum Gasteiger partial charge on any atom is -1.00 e. The second kappa shape index (κ2) is 18.8. The molecular formula is C33H43Cl3N3SiTi. The fourth-order valence-electron chi connectivity index (χ4n) is 4.82. The van der Waals surface area contributed by atoms with E-state index in [0.717, 1.165) is 0 Å². The number of benzene rings is 3. The van der Waals surface area contributed by atoms with Crippen LogP contribution in [-0.2, 0) is 21.7 Å². The molecule has 0 saturated heterocycles. The molecule has 3 aromatic carbocycles. The van der Waals surface area contributed by atoms with E-state index in [1.165, 1.54) is 49.3 Å². The monoisotopic (exact) mass is 662 g/mol. The van der Waals surface area contributed by atoms with E-state index in [0.29, 0.717) is 5.92 Å². The Morgan fingerprint density at radius 1 is 0.561 bits per heavy atom. The van der Waals surface area contributed by atoms with Gasteiger partial charge in [-0.2, -0.15) is 11.1 Å². The number of nitrogens with zero attached hydrogens (tertiary/aromatic N) is 3. The molecular weight excluding hydrogens is 621 g/mol. The molecule has 219 valence electrons. The van der Waals surface area contributed by atoms with Crippen LogP contribution in [0.4, 0.5) is 17.1 Å². The van der Waals surface area contributed by atoms with Gasteiger partial charge >= 0.3 is 21.7 Å². The predicted molar refractivity (Wildman–Crippen MR) is 167 cm³/mol. The van der Waals surface area contributed by atoms with Crippen molar-refractivity contribution in [3.63, 3.8) is 0 Å². The zero-order valence-electron chi connectivity index (χ0n) is 26.0. The standard InChI is InChI=1S/C24H30N3Si.C9H13.3ClH.Ti/c1-25(2)19-13-7-10-16-22(19)28(23-17-11-8-14-20(23)26(3)4)24-18-12-9-15-21(24)27(5)6;1-6-5-7(2)9(4)8(6)3;;;;/h7-18H,1-6H3;6H,1-4H3;3*1H;/q;-1;;;;+4/p-3. The van der Waals surface area contributed by atoms with Crippen LogP contribution in [0.3, 0.4) is 0 Å². The molecule has 0 amide bonds. The zero-order valence-corrected chi connectivity index (χ0v) is 30.8. The van der Waals surface area contributed by atoms with Crippen molar-refractivity contribution in [2.75, 3.05) is 57.0 Å². The maximum atomic E-state index is 3.36. The Labute approximate surface area is 284 Å². The Morgan fingerprint density at radius 3 is 1.05 bits per heavy atom. The van der Waals surface area contributed by atoms with E-state index in [4.69, 9.17) is 0 Å². The van der Waals surface area contributed by atoms with Crippen LogP contribution in [-0.4, -0.2) is 51.1 Å². The van der Waals surface area contributed by atoms with Gasteiger partial charge in [0, 0.05) is 59.3 Å². The predicted octanol–water partition coefficient (Wildman–Crippen LogP) is -3.87. The van der Waals surface area contributed by atoms with Gasteiger partial charge in [-0.25, -0.2) is 5.57 Å². The van der Waals surface area contributed by atoms with Crippen LogP contribution in [0.5, 0.6) is 0 Å². The quantitative estimate of drug-likeness (QED) is 0.152. The number of rotatable bonds is 6. The third-order valence-electron chi connectivity index (χ3n) is 7.20. The third kappa shape index (κ3) is 9.95. The fourth-order valence-corrected chi connectivity index (χ4v) is 8.17. The van der Waals surface area contributed by atoms with Gasteiger partial charge in [0.2, 0.25) is 0 Å². The van der Waals surface area contributed by atoms with Crippen molar-refractivity contribution < 1.29 is 58.9 Å². The van der Waals surface area contributed by atoms with Gasteiger partial charge in [0.15, 0.2) is 8.80 Å². The maximum Gasteiger partial charge on any atom is 4.00 e. The molecule has 1 atom stereocenters. The third-order valence-corrected chi connectivity index (χ3v) is 10.1. The van der Waals surface area contributed by atoms with Crippen molar-refractivity contribution in [1.29, 1.82) is 0 Å². The van der Waals surface area contributed by atoms with Crippen LogP contribution in [0.2, 0.25) is 0 Å². The summed E-state index contributed by atoms with van der Waals surface area (Å²) in [5.74, 6) is 0.560. The molecule has 1 aliphatic carbocycles. The molecule has 1 radical (unpaired) electrons. The molecule has 0 saturated carbocycles. The molecule has 0 bridgehead atoms. The van der Waals surface area contributed by atoms with Crippen molar-refractivity contribution in [2.45, 2.75) is 27.7 Å². The topological polar surface area (TPSA) is 9.72 Å². The smallest absolute Gasteiger partial charge is 1.00 e. The first-order valence-electron chi connectivity index (χ1n) is 13.0. The van der Waals surface area contributed by atoms with Gasteiger partial charge in [0.25, 0.3) is 0 Å². The number of hydrogen-bond donors (Lipinski definition) is 0. The average Bonchev–Trinajstić information content (AvgIpc) is 3.10. The normalized spacial score (nSPS) is 13.3. The van der Waals surface area contributed by atoms with E-state index in [9.17, 15) is 0 Å². The van der Waals surface area contributed by atoms with Gasteiger partial charge in [-0.05, 0) is 33.8 Å². The molecule has 8 heteroatoms. The van der Waals surface area contributed by atoms with Crippen molar-refractivity contribution in [2.24, 2.45) is 5.92 Å². The molecule has 3 nitrogen and oxygen atoms in total.